The van der Waals surface area contributed by atoms with Crippen molar-refractivity contribution in [2.75, 3.05) is 6.54 Å². The van der Waals surface area contributed by atoms with Crippen molar-refractivity contribution >= 4 is 5.97 Å². The van der Waals surface area contributed by atoms with Crippen molar-refractivity contribution in [3.63, 3.8) is 0 Å². The molecule has 1 aromatic carbocycles. The molecule has 3 rings (SSSR count). The Morgan fingerprint density at radius 2 is 1.90 bits per heavy atom. The molecular weight excluding hydrogens is 262 g/mol. The van der Waals surface area contributed by atoms with E-state index < -0.39 is 5.97 Å². The molecule has 3 heteroatoms. The number of nitrogens with one attached hydrogen (secondary N) is 1. The van der Waals surface area contributed by atoms with Gasteiger partial charge in [0.2, 0.25) is 0 Å². The molecule has 4 atom stereocenters. The van der Waals surface area contributed by atoms with E-state index in [1.807, 2.05) is 6.07 Å². The maximum atomic E-state index is 11.4. The molecule has 3 nitrogen and oxygen atoms in total. The third kappa shape index (κ3) is 3.29. The number of aryl methyl sites for hydroxylation is 1. The van der Waals surface area contributed by atoms with Crippen molar-refractivity contribution in [2.45, 2.75) is 44.6 Å². The lowest BCUT2D eigenvalue weighted by molar-refractivity contribution is -0.144. The van der Waals surface area contributed by atoms with E-state index in [9.17, 15) is 9.90 Å². The van der Waals surface area contributed by atoms with Gasteiger partial charge in [0.1, 0.15) is 0 Å². The Labute approximate surface area is 126 Å². The number of hydrogen-bond acceptors (Lipinski definition) is 2. The fourth-order valence-corrected chi connectivity index (χ4v) is 4.31. The van der Waals surface area contributed by atoms with Crippen LogP contribution in [0.5, 0.6) is 0 Å². The minimum absolute atomic E-state index is 0.141. The number of aliphatic carboxylic acids is 1. The first-order chi connectivity index (χ1) is 10.3. The summed E-state index contributed by atoms with van der Waals surface area (Å²) in [6.07, 6.45) is 6.86. The highest BCUT2D eigenvalue weighted by molar-refractivity contribution is 5.72. The summed E-state index contributed by atoms with van der Waals surface area (Å²) in [5.74, 6) is 0.293. The molecule has 2 aliphatic carbocycles. The van der Waals surface area contributed by atoms with Crippen LogP contribution in [-0.4, -0.2) is 23.7 Å². The fraction of sp³-hybridized carbons (Fsp3) is 0.611. The largest absolute Gasteiger partial charge is 0.481 e. The normalized spacial score (nSPS) is 30.7. The third-order valence-electron chi connectivity index (χ3n) is 5.32. The van der Waals surface area contributed by atoms with Gasteiger partial charge in [0.05, 0.1) is 5.92 Å². The molecule has 2 fully saturated rings. The fourth-order valence-electron chi connectivity index (χ4n) is 4.31. The van der Waals surface area contributed by atoms with Crippen LogP contribution in [0, 0.1) is 17.8 Å². The average molecular weight is 287 g/mol. The zero-order chi connectivity index (χ0) is 14.7. The SMILES string of the molecule is O=C(O)C1C2CCC(C2)C1NCCCCc1ccccc1. The standard InChI is InChI=1S/C18H25NO2/c20-18(21)16-14-9-10-15(12-14)17(16)19-11-5-4-8-13-6-2-1-3-7-13/h1-3,6-7,14-17,19H,4-5,8-12H2,(H,20,21). The number of carbonyl (C=O) groups is 1. The molecule has 21 heavy (non-hydrogen) atoms. The predicted molar refractivity (Wildman–Crippen MR) is 83.1 cm³/mol. The number of unbranched alkanes of at least 4 members (excludes halogenated alkanes) is 1. The molecule has 0 heterocycles. The predicted octanol–water partition coefficient (Wildman–Crippen LogP) is 3.10. The lowest BCUT2D eigenvalue weighted by Crippen LogP contribution is -2.44. The summed E-state index contributed by atoms with van der Waals surface area (Å²) in [5, 5.41) is 13.0. The van der Waals surface area contributed by atoms with Crippen LogP contribution in [0.2, 0.25) is 0 Å². The van der Waals surface area contributed by atoms with Gasteiger partial charge in [-0.3, -0.25) is 4.79 Å². The summed E-state index contributed by atoms with van der Waals surface area (Å²) < 4.78 is 0. The van der Waals surface area contributed by atoms with E-state index in [1.165, 1.54) is 12.0 Å². The Balaban J connectivity index is 1.40. The van der Waals surface area contributed by atoms with Gasteiger partial charge in [0.25, 0.3) is 0 Å². The molecule has 114 valence electrons. The van der Waals surface area contributed by atoms with Crippen molar-refractivity contribution in [1.29, 1.82) is 0 Å². The van der Waals surface area contributed by atoms with E-state index in [4.69, 9.17) is 0 Å². The van der Waals surface area contributed by atoms with Gasteiger partial charge in [-0.15, -0.1) is 0 Å². The van der Waals surface area contributed by atoms with E-state index in [-0.39, 0.29) is 12.0 Å². The van der Waals surface area contributed by atoms with Gasteiger partial charge < -0.3 is 10.4 Å². The molecule has 0 amide bonds. The van der Waals surface area contributed by atoms with Crippen LogP contribution in [0.25, 0.3) is 0 Å². The first-order valence-electron chi connectivity index (χ1n) is 8.26. The number of carboxylic acid groups (broad SMARTS) is 1. The molecule has 0 radical (unpaired) electrons. The Morgan fingerprint density at radius 1 is 1.14 bits per heavy atom. The van der Waals surface area contributed by atoms with Crippen LogP contribution < -0.4 is 5.32 Å². The highest BCUT2D eigenvalue weighted by Gasteiger charge is 2.50. The Hall–Kier alpha value is -1.35. The number of rotatable bonds is 7. The summed E-state index contributed by atoms with van der Waals surface area (Å²) in [5.41, 5.74) is 1.39. The van der Waals surface area contributed by atoms with Gasteiger partial charge in [-0.25, -0.2) is 0 Å². The molecule has 4 unspecified atom stereocenters. The van der Waals surface area contributed by atoms with Crippen LogP contribution in [-0.2, 0) is 11.2 Å². The van der Waals surface area contributed by atoms with E-state index in [1.54, 1.807) is 0 Å². The zero-order valence-corrected chi connectivity index (χ0v) is 12.5. The third-order valence-corrected chi connectivity index (χ3v) is 5.32. The van der Waals surface area contributed by atoms with Gasteiger partial charge in [-0.05, 0) is 62.5 Å². The van der Waals surface area contributed by atoms with Crippen LogP contribution >= 0.6 is 0 Å². The molecule has 2 bridgehead atoms. The number of hydrogen-bond donors (Lipinski definition) is 2. The first-order valence-corrected chi connectivity index (χ1v) is 8.26. The Morgan fingerprint density at radius 3 is 2.67 bits per heavy atom. The molecule has 2 saturated carbocycles. The zero-order valence-electron chi connectivity index (χ0n) is 12.5. The van der Waals surface area contributed by atoms with Crippen molar-refractivity contribution in [3.05, 3.63) is 35.9 Å². The molecular formula is C18H25NO2. The summed E-state index contributed by atoms with van der Waals surface area (Å²) in [7, 11) is 0. The van der Waals surface area contributed by atoms with Gasteiger partial charge in [-0.1, -0.05) is 30.3 Å². The second-order valence-corrected chi connectivity index (χ2v) is 6.62. The van der Waals surface area contributed by atoms with Crippen molar-refractivity contribution in [3.8, 4) is 0 Å². The van der Waals surface area contributed by atoms with Crippen LogP contribution in [0.1, 0.15) is 37.7 Å². The lowest BCUT2D eigenvalue weighted by Gasteiger charge is -2.29. The smallest absolute Gasteiger partial charge is 0.308 e. The van der Waals surface area contributed by atoms with Crippen LogP contribution in [0.4, 0.5) is 0 Å². The summed E-state index contributed by atoms with van der Waals surface area (Å²) in [6.45, 7) is 0.949. The number of fused-ring (bicyclic) bond motifs is 2. The van der Waals surface area contributed by atoms with Gasteiger partial charge in [-0.2, -0.15) is 0 Å². The average Bonchev–Trinajstić information content (AvgIpc) is 3.08. The summed E-state index contributed by atoms with van der Waals surface area (Å²) >= 11 is 0. The van der Waals surface area contributed by atoms with Crippen molar-refractivity contribution < 1.29 is 9.90 Å². The van der Waals surface area contributed by atoms with Crippen molar-refractivity contribution in [2.24, 2.45) is 17.8 Å². The number of benzene rings is 1. The lowest BCUT2D eigenvalue weighted by atomic mass is 9.84. The molecule has 1 aromatic rings. The molecule has 0 aromatic heterocycles. The molecule has 0 spiro atoms. The summed E-state index contributed by atoms with van der Waals surface area (Å²) in [4.78, 5) is 11.4. The van der Waals surface area contributed by atoms with Crippen LogP contribution in [0.3, 0.4) is 0 Å². The molecule has 2 aliphatic rings. The molecule has 0 aliphatic heterocycles. The monoisotopic (exact) mass is 287 g/mol. The Bertz CT molecular complexity index is 473. The molecule has 0 saturated heterocycles. The highest BCUT2D eigenvalue weighted by Crippen LogP contribution is 2.48. The number of carboxylic acids is 1. The minimum Gasteiger partial charge on any atom is -0.481 e. The van der Waals surface area contributed by atoms with Gasteiger partial charge in [0, 0.05) is 6.04 Å². The van der Waals surface area contributed by atoms with Crippen LogP contribution in [0.15, 0.2) is 30.3 Å². The maximum absolute atomic E-state index is 11.4. The molecule has 2 N–H and O–H groups in total. The quantitative estimate of drug-likeness (QED) is 0.758. The summed E-state index contributed by atoms with van der Waals surface area (Å²) in [6, 6.07) is 10.8. The van der Waals surface area contributed by atoms with E-state index >= 15 is 0 Å². The Kier molecular flexibility index (Phi) is 4.59. The highest BCUT2D eigenvalue weighted by atomic mass is 16.4. The second-order valence-electron chi connectivity index (χ2n) is 6.62. The van der Waals surface area contributed by atoms with E-state index in [0.717, 1.165) is 38.6 Å². The van der Waals surface area contributed by atoms with E-state index in [2.05, 4.69) is 29.6 Å². The van der Waals surface area contributed by atoms with Gasteiger partial charge in [0.15, 0.2) is 0 Å². The first kappa shape index (κ1) is 14.6. The van der Waals surface area contributed by atoms with Gasteiger partial charge >= 0.3 is 5.97 Å². The van der Waals surface area contributed by atoms with E-state index in [0.29, 0.717) is 11.8 Å². The maximum Gasteiger partial charge on any atom is 0.308 e. The topological polar surface area (TPSA) is 49.3 Å². The minimum atomic E-state index is -0.594. The van der Waals surface area contributed by atoms with Crippen molar-refractivity contribution in [1.82, 2.24) is 5.32 Å². The second kappa shape index (κ2) is 6.61.